The van der Waals surface area contributed by atoms with Gasteiger partial charge in [-0.05, 0) is 26.3 Å². The number of hydrogen-bond donors (Lipinski definition) is 2. The average Bonchev–Trinajstić information content (AvgIpc) is 2.25. The van der Waals surface area contributed by atoms with Crippen LogP contribution in [0.2, 0.25) is 0 Å². The van der Waals surface area contributed by atoms with Gasteiger partial charge in [0.05, 0.1) is 6.61 Å². The molecule has 0 radical (unpaired) electrons. The van der Waals surface area contributed by atoms with E-state index in [1.54, 1.807) is 0 Å². The lowest BCUT2D eigenvalue weighted by Crippen LogP contribution is -2.56. The summed E-state index contributed by atoms with van der Waals surface area (Å²) < 4.78 is 0. The topological polar surface area (TPSA) is 38.7 Å². The standard InChI is InChI=1S/C12H25N3O/c1-14-7-9-15(10-8-14)6-5-13-12(11-16)3-2-4-12/h13,16H,2-11H2,1H3. The fraction of sp³-hybridized carbons (Fsp3) is 1.00. The molecule has 1 heterocycles. The van der Waals surface area contributed by atoms with E-state index in [0.717, 1.165) is 25.9 Å². The van der Waals surface area contributed by atoms with E-state index in [9.17, 15) is 5.11 Å². The lowest BCUT2D eigenvalue weighted by Gasteiger charge is -2.42. The Hall–Kier alpha value is -0.160. The lowest BCUT2D eigenvalue weighted by atomic mass is 9.77. The molecule has 1 saturated heterocycles. The molecule has 0 atom stereocenters. The number of likely N-dealkylation sites (N-methyl/N-ethyl adjacent to an activating group) is 1. The number of aliphatic hydroxyl groups is 1. The molecule has 2 aliphatic rings. The van der Waals surface area contributed by atoms with Gasteiger partial charge < -0.3 is 15.3 Å². The Morgan fingerprint density at radius 2 is 1.88 bits per heavy atom. The van der Waals surface area contributed by atoms with Crippen LogP contribution in [0.5, 0.6) is 0 Å². The van der Waals surface area contributed by atoms with Gasteiger partial charge in [0.1, 0.15) is 0 Å². The quantitative estimate of drug-likeness (QED) is 0.679. The Morgan fingerprint density at radius 3 is 2.38 bits per heavy atom. The van der Waals surface area contributed by atoms with Gasteiger partial charge in [0.2, 0.25) is 0 Å². The molecule has 0 aromatic rings. The van der Waals surface area contributed by atoms with Crippen LogP contribution in [0.3, 0.4) is 0 Å². The molecule has 0 unspecified atom stereocenters. The first-order valence-electron chi connectivity index (χ1n) is 6.51. The van der Waals surface area contributed by atoms with E-state index in [0.29, 0.717) is 6.61 Å². The van der Waals surface area contributed by atoms with E-state index in [1.807, 2.05) is 0 Å². The van der Waals surface area contributed by atoms with Crippen molar-refractivity contribution in [2.45, 2.75) is 24.8 Å². The van der Waals surface area contributed by atoms with E-state index >= 15 is 0 Å². The van der Waals surface area contributed by atoms with Crippen molar-refractivity contribution >= 4 is 0 Å². The minimum absolute atomic E-state index is 0.0760. The van der Waals surface area contributed by atoms with Gasteiger partial charge in [-0.25, -0.2) is 0 Å². The second-order valence-electron chi connectivity index (χ2n) is 5.36. The molecule has 0 bridgehead atoms. The lowest BCUT2D eigenvalue weighted by molar-refractivity contribution is 0.0815. The van der Waals surface area contributed by atoms with Crippen LogP contribution in [0.4, 0.5) is 0 Å². The van der Waals surface area contributed by atoms with Gasteiger partial charge >= 0.3 is 0 Å². The van der Waals surface area contributed by atoms with Crippen LogP contribution in [-0.4, -0.2) is 73.4 Å². The Labute approximate surface area is 98.6 Å². The summed E-state index contributed by atoms with van der Waals surface area (Å²) in [6, 6.07) is 0. The molecule has 1 saturated carbocycles. The molecule has 1 aliphatic heterocycles. The summed E-state index contributed by atoms with van der Waals surface area (Å²) in [5, 5.41) is 12.9. The third-order valence-electron chi connectivity index (χ3n) is 4.14. The van der Waals surface area contributed by atoms with Crippen molar-refractivity contribution in [2.24, 2.45) is 0 Å². The predicted molar refractivity (Wildman–Crippen MR) is 65.6 cm³/mol. The van der Waals surface area contributed by atoms with Gasteiger partial charge in [-0.3, -0.25) is 4.90 Å². The van der Waals surface area contributed by atoms with Crippen LogP contribution in [0.1, 0.15) is 19.3 Å². The highest BCUT2D eigenvalue weighted by Crippen LogP contribution is 2.30. The summed E-state index contributed by atoms with van der Waals surface area (Å²) in [4.78, 5) is 4.89. The van der Waals surface area contributed by atoms with Gasteiger partial charge in [0.15, 0.2) is 0 Å². The predicted octanol–water partition coefficient (Wildman–Crippen LogP) is -0.262. The average molecular weight is 227 g/mol. The summed E-state index contributed by atoms with van der Waals surface area (Å²) in [6.07, 6.45) is 3.56. The van der Waals surface area contributed by atoms with Gasteiger partial charge in [-0.1, -0.05) is 0 Å². The molecule has 2 fully saturated rings. The minimum Gasteiger partial charge on any atom is -0.394 e. The van der Waals surface area contributed by atoms with Crippen LogP contribution in [0.25, 0.3) is 0 Å². The maximum Gasteiger partial charge on any atom is 0.0613 e. The summed E-state index contributed by atoms with van der Waals surface area (Å²) in [5.74, 6) is 0. The van der Waals surface area contributed by atoms with Crippen LogP contribution in [0, 0.1) is 0 Å². The third-order valence-corrected chi connectivity index (χ3v) is 4.14. The molecule has 2 rings (SSSR count). The van der Waals surface area contributed by atoms with E-state index in [2.05, 4.69) is 22.2 Å². The SMILES string of the molecule is CN1CCN(CCNC2(CO)CCC2)CC1. The van der Waals surface area contributed by atoms with Crippen molar-refractivity contribution in [2.75, 3.05) is 52.9 Å². The number of piperazine rings is 1. The fourth-order valence-electron chi connectivity index (χ4n) is 2.55. The fourth-order valence-corrected chi connectivity index (χ4v) is 2.55. The van der Waals surface area contributed by atoms with Gasteiger partial charge in [-0.2, -0.15) is 0 Å². The van der Waals surface area contributed by atoms with Crippen LogP contribution in [-0.2, 0) is 0 Å². The van der Waals surface area contributed by atoms with Gasteiger partial charge in [0, 0.05) is 44.8 Å². The maximum atomic E-state index is 9.33. The van der Waals surface area contributed by atoms with Crippen molar-refractivity contribution < 1.29 is 5.11 Å². The molecule has 0 aromatic carbocycles. The zero-order valence-corrected chi connectivity index (χ0v) is 10.4. The van der Waals surface area contributed by atoms with Crippen molar-refractivity contribution in [3.63, 3.8) is 0 Å². The van der Waals surface area contributed by atoms with Crippen molar-refractivity contribution in [1.82, 2.24) is 15.1 Å². The Morgan fingerprint density at radius 1 is 1.19 bits per heavy atom. The number of hydrogen-bond acceptors (Lipinski definition) is 4. The van der Waals surface area contributed by atoms with Gasteiger partial charge in [0.25, 0.3) is 0 Å². The second-order valence-corrected chi connectivity index (χ2v) is 5.36. The molecular formula is C12H25N3O. The van der Waals surface area contributed by atoms with E-state index in [-0.39, 0.29) is 5.54 Å². The molecule has 1 aliphatic carbocycles. The number of aliphatic hydroxyl groups excluding tert-OH is 1. The normalized spacial score (nSPS) is 26.6. The second kappa shape index (κ2) is 5.45. The highest BCUT2D eigenvalue weighted by molar-refractivity contribution is 4.95. The summed E-state index contributed by atoms with van der Waals surface area (Å²) in [5.41, 5.74) is 0.0760. The third kappa shape index (κ3) is 2.94. The molecule has 0 aromatic heterocycles. The van der Waals surface area contributed by atoms with E-state index in [1.165, 1.54) is 32.6 Å². The Bertz CT molecular complexity index is 205. The largest absolute Gasteiger partial charge is 0.394 e. The Balaban J connectivity index is 1.61. The van der Waals surface area contributed by atoms with E-state index in [4.69, 9.17) is 0 Å². The van der Waals surface area contributed by atoms with Crippen molar-refractivity contribution in [3.05, 3.63) is 0 Å². The summed E-state index contributed by atoms with van der Waals surface area (Å²) >= 11 is 0. The molecule has 94 valence electrons. The van der Waals surface area contributed by atoms with Crippen LogP contribution in [0.15, 0.2) is 0 Å². The Kier molecular flexibility index (Phi) is 4.19. The first-order valence-corrected chi connectivity index (χ1v) is 6.51. The minimum atomic E-state index is 0.0760. The summed E-state index contributed by atoms with van der Waals surface area (Å²) in [6.45, 7) is 7.18. The molecular weight excluding hydrogens is 202 g/mol. The van der Waals surface area contributed by atoms with Gasteiger partial charge in [-0.15, -0.1) is 0 Å². The van der Waals surface area contributed by atoms with Crippen LogP contribution >= 0.6 is 0 Å². The maximum absolute atomic E-state index is 9.33. The van der Waals surface area contributed by atoms with E-state index < -0.39 is 0 Å². The zero-order valence-electron chi connectivity index (χ0n) is 10.4. The monoisotopic (exact) mass is 227 g/mol. The summed E-state index contributed by atoms with van der Waals surface area (Å²) in [7, 11) is 2.19. The molecule has 16 heavy (non-hydrogen) atoms. The van der Waals surface area contributed by atoms with Crippen LogP contribution < -0.4 is 5.32 Å². The molecule has 4 heteroatoms. The molecule has 0 amide bonds. The first-order chi connectivity index (χ1) is 7.74. The number of rotatable bonds is 5. The molecule has 2 N–H and O–H groups in total. The van der Waals surface area contributed by atoms with Crippen molar-refractivity contribution in [1.29, 1.82) is 0 Å². The van der Waals surface area contributed by atoms with Crippen molar-refractivity contribution in [3.8, 4) is 0 Å². The number of nitrogens with one attached hydrogen (secondary N) is 1. The molecule has 4 nitrogen and oxygen atoms in total. The smallest absolute Gasteiger partial charge is 0.0613 e. The highest BCUT2D eigenvalue weighted by atomic mass is 16.3. The first kappa shape index (κ1) is 12.3. The highest BCUT2D eigenvalue weighted by Gasteiger charge is 2.35. The number of nitrogens with zero attached hydrogens (tertiary/aromatic N) is 2. The zero-order chi connectivity index (χ0) is 11.4. The molecule has 0 spiro atoms.